The summed E-state index contributed by atoms with van der Waals surface area (Å²) in [5.74, 6) is -2.00. The van der Waals surface area contributed by atoms with Crippen LogP contribution in [0.4, 0.5) is 0 Å². The zero-order valence-corrected chi connectivity index (χ0v) is 9.67. The number of halogens is 4. The Labute approximate surface area is 92.4 Å². The van der Waals surface area contributed by atoms with Crippen LogP contribution in [0.2, 0.25) is 0 Å². The molecule has 70 valence electrons. The van der Waals surface area contributed by atoms with Gasteiger partial charge >= 0.3 is 11.9 Å². The first kappa shape index (κ1) is 12.5. The summed E-state index contributed by atoms with van der Waals surface area (Å²) in [6, 6.07) is 0. The van der Waals surface area contributed by atoms with Gasteiger partial charge in [-0.3, -0.25) is 4.79 Å². The number of esters is 2. The molecular weight excluding hydrogens is 294 g/mol. The van der Waals surface area contributed by atoms with E-state index in [0.29, 0.717) is 0 Å². The highest BCUT2D eigenvalue weighted by Crippen LogP contribution is 2.27. The zero-order chi connectivity index (χ0) is 9.94. The molecule has 0 aromatic carbocycles. The average Bonchev–Trinajstić information content (AvgIpc) is 1.85. The Morgan fingerprint density at radius 3 is 2.08 bits per heavy atom. The van der Waals surface area contributed by atoms with Crippen molar-refractivity contribution < 1.29 is 14.3 Å². The summed E-state index contributed by atoms with van der Waals surface area (Å²) in [5.41, 5.74) is 0. The van der Waals surface area contributed by atoms with Gasteiger partial charge in [0, 0.05) is 0 Å². The van der Waals surface area contributed by atoms with Crippen molar-refractivity contribution >= 4 is 62.7 Å². The molecule has 3 nitrogen and oxygen atoms in total. The lowest BCUT2D eigenvalue weighted by molar-refractivity contribution is -0.158. The first-order valence-corrected chi connectivity index (χ1v) is 4.77. The van der Waals surface area contributed by atoms with Crippen LogP contribution < -0.4 is 0 Å². The second-order valence-electron chi connectivity index (χ2n) is 1.82. The van der Waals surface area contributed by atoms with Crippen LogP contribution in [0.25, 0.3) is 0 Å². The molecule has 0 aromatic heterocycles. The molecule has 0 aliphatic carbocycles. The van der Waals surface area contributed by atoms with E-state index in [-0.39, 0.29) is 0 Å². The van der Waals surface area contributed by atoms with Crippen molar-refractivity contribution in [2.24, 2.45) is 0 Å². The minimum Gasteiger partial charge on any atom is -0.389 e. The molecule has 1 unspecified atom stereocenters. The van der Waals surface area contributed by atoms with Crippen molar-refractivity contribution in [1.29, 1.82) is 0 Å². The third kappa shape index (κ3) is 4.50. The SMILES string of the molecule is CC(Br)C(=O)OC(=O)C(Cl)(Cl)Cl. The standard InChI is InChI=1S/C5H4BrCl3O3/c1-2(6)3(10)12-4(11)5(7,8)9/h2H,1H3. The van der Waals surface area contributed by atoms with Crippen molar-refractivity contribution in [1.82, 2.24) is 0 Å². The summed E-state index contributed by atoms with van der Waals surface area (Å²) in [7, 11) is 0. The average molecular weight is 298 g/mol. The smallest absolute Gasteiger partial charge is 0.366 e. The van der Waals surface area contributed by atoms with E-state index in [0.717, 1.165) is 0 Å². The van der Waals surface area contributed by atoms with Gasteiger partial charge in [-0.2, -0.15) is 0 Å². The van der Waals surface area contributed by atoms with Crippen molar-refractivity contribution in [2.75, 3.05) is 0 Å². The van der Waals surface area contributed by atoms with Gasteiger partial charge in [-0.05, 0) is 6.92 Å². The van der Waals surface area contributed by atoms with Crippen LogP contribution in [0.3, 0.4) is 0 Å². The molecule has 0 N–H and O–H groups in total. The zero-order valence-electron chi connectivity index (χ0n) is 5.81. The fraction of sp³-hybridized carbons (Fsp3) is 0.600. The fourth-order valence-electron chi connectivity index (χ4n) is 0.230. The number of rotatable bonds is 1. The molecule has 0 spiro atoms. The van der Waals surface area contributed by atoms with Crippen LogP contribution in [0.1, 0.15) is 6.92 Å². The van der Waals surface area contributed by atoms with E-state index in [1.807, 2.05) is 0 Å². The Hall–Kier alpha value is 0.490. The largest absolute Gasteiger partial charge is 0.389 e. The van der Waals surface area contributed by atoms with Crippen LogP contribution in [-0.4, -0.2) is 20.6 Å². The lowest BCUT2D eigenvalue weighted by Gasteiger charge is -2.09. The molecule has 7 heteroatoms. The summed E-state index contributed by atoms with van der Waals surface area (Å²) >= 11 is 18.2. The van der Waals surface area contributed by atoms with E-state index in [9.17, 15) is 9.59 Å². The van der Waals surface area contributed by atoms with E-state index in [1.165, 1.54) is 6.92 Å². The summed E-state index contributed by atoms with van der Waals surface area (Å²) in [6.45, 7) is 1.48. The molecule has 0 aromatic rings. The number of carbonyl (C=O) groups excluding carboxylic acids is 2. The number of ether oxygens (including phenoxy) is 1. The van der Waals surface area contributed by atoms with Gasteiger partial charge < -0.3 is 4.74 Å². The molecule has 12 heavy (non-hydrogen) atoms. The van der Waals surface area contributed by atoms with Crippen molar-refractivity contribution in [2.45, 2.75) is 15.5 Å². The molecular formula is C5H4BrCl3O3. The third-order valence-electron chi connectivity index (χ3n) is 0.750. The molecule has 0 bridgehead atoms. The first-order chi connectivity index (χ1) is 5.25. The van der Waals surface area contributed by atoms with Crippen molar-refractivity contribution in [3.05, 3.63) is 0 Å². The van der Waals surface area contributed by atoms with E-state index < -0.39 is 20.6 Å². The van der Waals surface area contributed by atoms with Crippen LogP contribution in [0, 0.1) is 0 Å². The van der Waals surface area contributed by atoms with Gasteiger partial charge in [-0.1, -0.05) is 50.7 Å². The summed E-state index contributed by atoms with van der Waals surface area (Å²) in [6.07, 6.45) is 0. The van der Waals surface area contributed by atoms with E-state index >= 15 is 0 Å². The van der Waals surface area contributed by atoms with Gasteiger partial charge in [0.15, 0.2) is 0 Å². The minimum atomic E-state index is -2.21. The topological polar surface area (TPSA) is 43.4 Å². The quantitative estimate of drug-likeness (QED) is 0.423. The maximum Gasteiger partial charge on any atom is 0.366 e. The van der Waals surface area contributed by atoms with Crippen LogP contribution in [0.5, 0.6) is 0 Å². The Morgan fingerprint density at radius 2 is 1.83 bits per heavy atom. The third-order valence-corrected chi connectivity index (χ3v) is 1.59. The Balaban J connectivity index is 4.12. The molecule has 0 fully saturated rings. The highest BCUT2D eigenvalue weighted by atomic mass is 79.9. The molecule has 0 saturated carbocycles. The Kier molecular flexibility index (Phi) is 4.84. The number of alkyl halides is 4. The number of hydrogen-bond donors (Lipinski definition) is 0. The predicted molar refractivity (Wildman–Crippen MR) is 49.8 cm³/mol. The van der Waals surface area contributed by atoms with Gasteiger partial charge in [-0.15, -0.1) is 0 Å². The van der Waals surface area contributed by atoms with Crippen LogP contribution in [0.15, 0.2) is 0 Å². The van der Waals surface area contributed by atoms with E-state index in [4.69, 9.17) is 34.8 Å². The normalized spacial score (nSPS) is 13.8. The van der Waals surface area contributed by atoms with E-state index in [1.54, 1.807) is 0 Å². The monoisotopic (exact) mass is 296 g/mol. The van der Waals surface area contributed by atoms with E-state index in [2.05, 4.69) is 20.7 Å². The van der Waals surface area contributed by atoms with Crippen LogP contribution in [-0.2, 0) is 14.3 Å². The molecule has 1 atom stereocenters. The summed E-state index contributed by atoms with van der Waals surface area (Å²) in [4.78, 5) is 20.8. The minimum absolute atomic E-state index is 0.617. The Bertz CT molecular complexity index is 199. The highest BCUT2D eigenvalue weighted by molar-refractivity contribution is 9.10. The molecule has 0 saturated heterocycles. The fourth-order valence-corrected chi connectivity index (χ4v) is 0.440. The Morgan fingerprint density at radius 1 is 1.42 bits per heavy atom. The molecule has 0 aliphatic heterocycles. The number of carbonyl (C=O) groups is 2. The molecule has 0 heterocycles. The number of hydrogen-bond acceptors (Lipinski definition) is 3. The highest BCUT2D eigenvalue weighted by Gasteiger charge is 2.35. The van der Waals surface area contributed by atoms with Crippen LogP contribution >= 0.6 is 50.7 Å². The van der Waals surface area contributed by atoms with Gasteiger partial charge in [0.1, 0.15) is 4.83 Å². The van der Waals surface area contributed by atoms with Gasteiger partial charge in [-0.25, -0.2) is 4.79 Å². The lowest BCUT2D eigenvalue weighted by atomic mass is 10.5. The van der Waals surface area contributed by atoms with Gasteiger partial charge in [0.05, 0.1) is 0 Å². The van der Waals surface area contributed by atoms with Gasteiger partial charge in [0.2, 0.25) is 0 Å². The lowest BCUT2D eigenvalue weighted by Crippen LogP contribution is -2.27. The maximum atomic E-state index is 10.7. The first-order valence-electron chi connectivity index (χ1n) is 2.72. The van der Waals surface area contributed by atoms with Crippen molar-refractivity contribution in [3.63, 3.8) is 0 Å². The molecule has 0 amide bonds. The molecule has 0 aliphatic rings. The summed E-state index contributed by atoms with van der Waals surface area (Å²) < 4.78 is 1.94. The maximum absolute atomic E-state index is 10.7. The van der Waals surface area contributed by atoms with Crippen molar-refractivity contribution in [3.8, 4) is 0 Å². The second kappa shape index (κ2) is 4.65. The van der Waals surface area contributed by atoms with Gasteiger partial charge in [0.25, 0.3) is 3.79 Å². The summed E-state index contributed by atoms with van der Waals surface area (Å²) in [5, 5.41) is 0. The second-order valence-corrected chi connectivity index (χ2v) is 5.48. The predicted octanol–water partition coefficient (Wildman–Crippen LogP) is 2.21. The molecule has 0 radical (unpaired) electrons. The molecule has 0 rings (SSSR count).